The van der Waals surface area contributed by atoms with Gasteiger partial charge in [0.25, 0.3) is 5.91 Å². The molecule has 0 saturated heterocycles. The van der Waals surface area contributed by atoms with Crippen LogP contribution in [0.3, 0.4) is 0 Å². The van der Waals surface area contributed by atoms with Crippen LogP contribution in [0.15, 0.2) is 35.7 Å². The smallest absolute Gasteiger partial charge is 0.254 e. The lowest BCUT2D eigenvalue weighted by atomic mass is 9.91. The summed E-state index contributed by atoms with van der Waals surface area (Å²) in [4.78, 5) is 13.2. The summed E-state index contributed by atoms with van der Waals surface area (Å²) in [6, 6.07) is 7.95. The largest absolute Gasteiger partial charge is 0.351 e. The van der Waals surface area contributed by atoms with Crippen molar-refractivity contribution in [2.24, 2.45) is 0 Å². The van der Waals surface area contributed by atoms with E-state index in [1.807, 2.05) is 31.4 Å². The summed E-state index contributed by atoms with van der Waals surface area (Å²) >= 11 is 7.42. The Labute approximate surface area is 126 Å². The van der Waals surface area contributed by atoms with E-state index < -0.39 is 11.7 Å². The fourth-order valence-corrected chi connectivity index (χ4v) is 2.84. The van der Waals surface area contributed by atoms with E-state index in [1.165, 1.54) is 23.1 Å². The Hall–Kier alpha value is -1.39. The molecule has 1 amide bonds. The molecule has 0 unspecified atom stereocenters. The molecule has 20 heavy (non-hydrogen) atoms. The second-order valence-corrected chi connectivity index (χ2v) is 6.55. The molecule has 2 aromatic rings. The molecular formula is C15H15ClFNOS. The van der Waals surface area contributed by atoms with Gasteiger partial charge in [0.1, 0.15) is 5.82 Å². The van der Waals surface area contributed by atoms with Crippen LogP contribution in [0.4, 0.5) is 4.39 Å². The van der Waals surface area contributed by atoms with Crippen molar-refractivity contribution in [3.63, 3.8) is 0 Å². The van der Waals surface area contributed by atoms with Crippen LogP contribution in [-0.4, -0.2) is 12.5 Å². The minimum Gasteiger partial charge on any atom is -0.351 e. The molecule has 0 bridgehead atoms. The van der Waals surface area contributed by atoms with Crippen LogP contribution in [0, 0.1) is 5.82 Å². The lowest BCUT2D eigenvalue weighted by Crippen LogP contribution is -2.36. The highest BCUT2D eigenvalue weighted by molar-refractivity contribution is 7.10. The zero-order chi connectivity index (χ0) is 14.8. The number of hydrogen-bond donors (Lipinski definition) is 1. The van der Waals surface area contributed by atoms with E-state index in [9.17, 15) is 9.18 Å². The SMILES string of the molecule is CC(C)(CNC(=O)c1cc(Cl)ccc1F)c1cccs1. The van der Waals surface area contributed by atoms with Crippen LogP contribution in [0.1, 0.15) is 29.1 Å². The number of thiophene rings is 1. The first-order valence-electron chi connectivity index (χ1n) is 6.17. The summed E-state index contributed by atoms with van der Waals surface area (Å²) in [6.07, 6.45) is 0. The number of halogens is 2. The van der Waals surface area contributed by atoms with Crippen LogP contribution in [-0.2, 0) is 5.41 Å². The average molecular weight is 312 g/mol. The Bertz CT molecular complexity index is 610. The van der Waals surface area contributed by atoms with Crippen LogP contribution in [0.5, 0.6) is 0 Å². The number of hydrogen-bond acceptors (Lipinski definition) is 2. The quantitative estimate of drug-likeness (QED) is 0.898. The summed E-state index contributed by atoms with van der Waals surface area (Å²) in [5, 5.41) is 5.10. The fraction of sp³-hybridized carbons (Fsp3) is 0.267. The zero-order valence-electron chi connectivity index (χ0n) is 11.2. The maximum atomic E-state index is 13.6. The average Bonchev–Trinajstić information content (AvgIpc) is 2.93. The summed E-state index contributed by atoms with van der Waals surface area (Å²) in [7, 11) is 0. The van der Waals surface area contributed by atoms with Crippen LogP contribution < -0.4 is 5.32 Å². The van der Waals surface area contributed by atoms with Crippen molar-refractivity contribution < 1.29 is 9.18 Å². The van der Waals surface area contributed by atoms with Crippen molar-refractivity contribution in [2.45, 2.75) is 19.3 Å². The van der Waals surface area contributed by atoms with Gasteiger partial charge in [-0.05, 0) is 29.6 Å². The third-order valence-electron chi connectivity index (χ3n) is 3.05. The molecule has 0 spiro atoms. The first kappa shape index (κ1) is 15.0. The van der Waals surface area contributed by atoms with Gasteiger partial charge in [-0.1, -0.05) is 31.5 Å². The molecule has 0 aliphatic rings. The Morgan fingerprint density at radius 3 is 2.80 bits per heavy atom. The third kappa shape index (κ3) is 3.38. The van der Waals surface area contributed by atoms with Gasteiger partial charge >= 0.3 is 0 Å². The Balaban J connectivity index is 2.07. The van der Waals surface area contributed by atoms with Gasteiger partial charge in [0.05, 0.1) is 5.56 Å². The molecule has 1 aromatic heterocycles. The van der Waals surface area contributed by atoms with Crippen molar-refractivity contribution in [2.75, 3.05) is 6.54 Å². The van der Waals surface area contributed by atoms with Gasteiger partial charge in [-0.25, -0.2) is 4.39 Å². The number of amides is 1. The van der Waals surface area contributed by atoms with E-state index in [-0.39, 0.29) is 11.0 Å². The third-order valence-corrected chi connectivity index (χ3v) is 4.52. The Morgan fingerprint density at radius 1 is 1.40 bits per heavy atom. The zero-order valence-corrected chi connectivity index (χ0v) is 12.8. The first-order chi connectivity index (χ1) is 9.40. The van der Waals surface area contributed by atoms with Crippen LogP contribution in [0.2, 0.25) is 5.02 Å². The molecule has 2 rings (SSSR count). The highest BCUT2D eigenvalue weighted by atomic mass is 35.5. The lowest BCUT2D eigenvalue weighted by molar-refractivity contribution is 0.0942. The molecule has 0 aliphatic carbocycles. The van der Waals surface area contributed by atoms with Crippen molar-refractivity contribution in [3.05, 3.63) is 57.0 Å². The molecule has 0 radical (unpaired) electrons. The predicted octanol–water partition coefficient (Wildman–Crippen LogP) is 4.25. The minimum absolute atomic E-state index is 0.0283. The first-order valence-corrected chi connectivity index (χ1v) is 7.43. The van der Waals surface area contributed by atoms with Gasteiger partial charge in [0.15, 0.2) is 0 Å². The number of carbonyl (C=O) groups is 1. The van der Waals surface area contributed by atoms with Crippen molar-refractivity contribution >= 4 is 28.8 Å². The monoisotopic (exact) mass is 311 g/mol. The molecule has 1 N–H and O–H groups in total. The van der Waals surface area contributed by atoms with E-state index in [0.29, 0.717) is 11.6 Å². The summed E-state index contributed by atoms with van der Waals surface area (Å²) in [5.74, 6) is -1.02. The van der Waals surface area contributed by atoms with E-state index in [4.69, 9.17) is 11.6 Å². The van der Waals surface area contributed by atoms with Crippen LogP contribution in [0.25, 0.3) is 0 Å². The number of nitrogens with one attached hydrogen (secondary N) is 1. The van der Waals surface area contributed by atoms with Gasteiger partial charge in [0, 0.05) is 21.9 Å². The van der Waals surface area contributed by atoms with E-state index >= 15 is 0 Å². The highest BCUT2D eigenvalue weighted by Gasteiger charge is 2.23. The van der Waals surface area contributed by atoms with Gasteiger partial charge in [-0.3, -0.25) is 4.79 Å². The fourth-order valence-electron chi connectivity index (χ4n) is 1.82. The molecule has 0 saturated carbocycles. The minimum atomic E-state index is -0.569. The molecule has 106 valence electrons. The molecule has 0 aliphatic heterocycles. The molecule has 1 aromatic carbocycles. The van der Waals surface area contributed by atoms with E-state index in [0.717, 1.165) is 0 Å². The van der Waals surface area contributed by atoms with Gasteiger partial charge < -0.3 is 5.32 Å². The molecule has 0 atom stereocenters. The van der Waals surface area contributed by atoms with Crippen molar-refractivity contribution in [1.82, 2.24) is 5.32 Å². The Morgan fingerprint density at radius 2 is 2.15 bits per heavy atom. The normalized spacial score (nSPS) is 11.4. The van der Waals surface area contributed by atoms with Gasteiger partial charge in [-0.2, -0.15) is 0 Å². The lowest BCUT2D eigenvalue weighted by Gasteiger charge is -2.23. The standard InChI is InChI=1S/C15H15ClFNOS/c1-15(2,13-4-3-7-20-13)9-18-14(19)11-8-10(16)5-6-12(11)17/h3-8H,9H2,1-2H3,(H,18,19). The molecule has 5 heteroatoms. The van der Waals surface area contributed by atoms with Crippen molar-refractivity contribution in [3.8, 4) is 0 Å². The second-order valence-electron chi connectivity index (χ2n) is 5.17. The maximum absolute atomic E-state index is 13.6. The summed E-state index contributed by atoms with van der Waals surface area (Å²) in [6.45, 7) is 4.50. The number of carbonyl (C=O) groups excluding carboxylic acids is 1. The molecule has 2 nitrogen and oxygen atoms in total. The summed E-state index contributed by atoms with van der Waals surface area (Å²) < 4.78 is 13.6. The van der Waals surface area contributed by atoms with Gasteiger partial charge in [-0.15, -0.1) is 11.3 Å². The topological polar surface area (TPSA) is 29.1 Å². The van der Waals surface area contributed by atoms with Crippen molar-refractivity contribution in [1.29, 1.82) is 0 Å². The van der Waals surface area contributed by atoms with E-state index in [1.54, 1.807) is 11.3 Å². The number of benzene rings is 1. The maximum Gasteiger partial charge on any atom is 0.254 e. The molecular weight excluding hydrogens is 297 g/mol. The molecule has 1 heterocycles. The number of rotatable bonds is 4. The highest BCUT2D eigenvalue weighted by Crippen LogP contribution is 2.26. The Kier molecular flexibility index (Phi) is 4.45. The van der Waals surface area contributed by atoms with Crippen LogP contribution >= 0.6 is 22.9 Å². The molecule has 0 fully saturated rings. The summed E-state index contributed by atoms with van der Waals surface area (Å²) in [5.41, 5.74) is -0.224. The van der Waals surface area contributed by atoms with E-state index in [2.05, 4.69) is 5.32 Å². The predicted molar refractivity (Wildman–Crippen MR) is 81.1 cm³/mol. The van der Waals surface area contributed by atoms with Gasteiger partial charge in [0.2, 0.25) is 0 Å². The second kappa shape index (κ2) is 5.94.